The third-order valence-corrected chi connectivity index (χ3v) is 6.02. The van der Waals surface area contributed by atoms with Crippen LogP contribution in [0.1, 0.15) is 16.8 Å². The molecule has 1 aliphatic heterocycles. The predicted molar refractivity (Wildman–Crippen MR) is 125 cm³/mol. The van der Waals surface area contributed by atoms with Gasteiger partial charge in [0.2, 0.25) is 0 Å². The Labute approximate surface area is 191 Å². The van der Waals surface area contributed by atoms with Gasteiger partial charge in [-0.1, -0.05) is 0 Å². The third kappa shape index (κ3) is 4.12. The zero-order chi connectivity index (χ0) is 22.9. The molecule has 10 nitrogen and oxygen atoms in total. The molecule has 5 rings (SSSR count). The highest BCUT2D eigenvalue weighted by Gasteiger charge is 2.25. The predicted octanol–water partition coefficient (Wildman–Crippen LogP) is 2.32. The first-order valence-electron chi connectivity index (χ1n) is 10.8. The van der Waals surface area contributed by atoms with Crippen molar-refractivity contribution in [3.05, 3.63) is 54.5 Å². The molecule has 4 aromatic rings. The summed E-state index contributed by atoms with van der Waals surface area (Å²) in [6, 6.07) is 9.92. The Kier molecular flexibility index (Phi) is 5.43. The average Bonchev–Trinajstić information content (AvgIpc) is 3.39. The van der Waals surface area contributed by atoms with Crippen molar-refractivity contribution >= 4 is 23.1 Å². The fourth-order valence-electron chi connectivity index (χ4n) is 3.90. The standard InChI is InChI=1S/C23H26N8O2/c1-24-23(32)16-4-5-20(25-12-16)27-21-11-18-10-15(6-9-31(18)28-21)22-19(13-26-30(22)3)33-14-17-7-8-29(17)2/h4-6,9-13,17H,7-8,14H2,1-3H3,(H,24,32)(H,25,27,28)/t17-/m1/s1. The molecule has 1 atom stereocenters. The van der Waals surface area contributed by atoms with Crippen LogP contribution in [0.4, 0.5) is 11.6 Å². The van der Waals surface area contributed by atoms with E-state index in [2.05, 4.69) is 43.8 Å². The zero-order valence-corrected chi connectivity index (χ0v) is 18.8. The number of nitrogens with one attached hydrogen (secondary N) is 2. The molecule has 33 heavy (non-hydrogen) atoms. The summed E-state index contributed by atoms with van der Waals surface area (Å²) in [6.07, 6.45) is 6.37. The molecule has 0 bridgehead atoms. The topological polar surface area (TPSA) is 102 Å². The van der Waals surface area contributed by atoms with Crippen molar-refractivity contribution in [2.75, 3.05) is 32.6 Å². The molecule has 10 heteroatoms. The number of aromatic nitrogens is 5. The molecule has 1 amide bonds. The number of ether oxygens (including phenoxy) is 1. The number of aryl methyl sites for hydroxylation is 1. The van der Waals surface area contributed by atoms with E-state index in [0.717, 1.165) is 35.5 Å². The van der Waals surface area contributed by atoms with Gasteiger partial charge in [-0.15, -0.1) is 0 Å². The minimum atomic E-state index is -0.174. The number of anilines is 2. The van der Waals surface area contributed by atoms with Gasteiger partial charge in [0.25, 0.3) is 5.91 Å². The van der Waals surface area contributed by atoms with Crippen molar-refractivity contribution in [3.8, 4) is 17.0 Å². The van der Waals surface area contributed by atoms with Gasteiger partial charge in [-0.05, 0) is 44.3 Å². The molecule has 0 spiro atoms. The van der Waals surface area contributed by atoms with E-state index >= 15 is 0 Å². The number of hydrogen-bond donors (Lipinski definition) is 2. The summed E-state index contributed by atoms with van der Waals surface area (Å²) < 4.78 is 9.75. The van der Waals surface area contributed by atoms with Crippen molar-refractivity contribution in [3.63, 3.8) is 0 Å². The van der Waals surface area contributed by atoms with E-state index in [-0.39, 0.29) is 5.91 Å². The maximum absolute atomic E-state index is 11.7. The summed E-state index contributed by atoms with van der Waals surface area (Å²) in [5.41, 5.74) is 3.35. The molecule has 5 heterocycles. The Hall–Kier alpha value is -3.92. The van der Waals surface area contributed by atoms with Gasteiger partial charge >= 0.3 is 0 Å². The highest BCUT2D eigenvalue weighted by Crippen LogP contribution is 2.31. The lowest BCUT2D eigenvalue weighted by atomic mass is 10.1. The number of carbonyl (C=O) groups is 1. The molecule has 1 saturated heterocycles. The fourth-order valence-corrected chi connectivity index (χ4v) is 3.90. The minimum Gasteiger partial charge on any atom is -0.488 e. The van der Waals surface area contributed by atoms with E-state index in [1.807, 2.05) is 30.1 Å². The summed E-state index contributed by atoms with van der Waals surface area (Å²) >= 11 is 0. The second-order valence-electron chi connectivity index (χ2n) is 8.17. The number of fused-ring (bicyclic) bond motifs is 1. The largest absolute Gasteiger partial charge is 0.488 e. The second-order valence-corrected chi connectivity index (χ2v) is 8.17. The normalized spacial score (nSPS) is 15.9. The molecule has 170 valence electrons. The second kappa shape index (κ2) is 8.55. The molecule has 0 saturated carbocycles. The van der Waals surface area contributed by atoms with Crippen LogP contribution in [0.15, 0.2) is 48.9 Å². The van der Waals surface area contributed by atoms with Crippen LogP contribution in [-0.4, -0.2) is 68.5 Å². The van der Waals surface area contributed by atoms with Crippen LogP contribution in [0.2, 0.25) is 0 Å². The molecular weight excluding hydrogens is 420 g/mol. The van der Waals surface area contributed by atoms with E-state index in [1.165, 1.54) is 6.20 Å². The van der Waals surface area contributed by atoms with Crippen LogP contribution in [0, 0.1) is 0 Å². The van der Waals surface area contributed by atoms with Gasteiger partial charge in [0.05, 0.1) is 17.3 Å². The molecule has 1 fully saturated rings. The monoisotopic (exact) mass is 446 g/mol. The molecular formula is C23H26N8O2. The summed E-state index contributed by atoms with van der Waals surface area (Å²) in [7, 11) is 5.62. The van der Waals surface area contributed by atoms with Crippen LogP contribution >= 0.6 is 0 Å². The van der Waals surface area contributed by atoms with Gasteiger partial charge in [0.1, 0.15) is 18.1 Å². The number of hydrogen-bond acceptors (Lipinski definition) is 7. The number of likely N-dealkylation sites (tertiary alicyclic amines) is 1. The van der Waals surface area contributed by atoms with Gasteiger partial charge < -0.3 is 15.4 Å². The average molecular weight is 447 g/mol. The van der Waals surface area contributed by atoms with Crippen molar-refractivity contribution in [1.29, 1.82) is 0 Å². The van der Waals surface area contributed by atoms with E-state index in [9.17, 15) is 4.79 Å². The fraction of sp³-hybridized carbons (Fsp3) is 0.304. The van der Waals surface area contributed by atoms with Crippen LogP contribution in [0.5, 0.6) is 5.75 Å². The quantitative estimate of drug-likeness (QED) is 0.449. The Balaban J connectivity index is 1.35. The summed E-state index contributed by atoms with van der Waals surface area (Å²) in [4.78, 5) is 18.3. The Morgan fingerprint density at radius 1 is 1.18 bits per heavy atom. The van der Waals surface area contributed by atoms with Crippen molar-refractivity contribution in [2.45, 2.75) is 12.5 Å². The third-order valence-electron chi connectivity index (χ3n) is 6.02. The first-order valence-corrected chi connectivity index (χ1v) is 10.8. The van der Waals surface area contributed by atoms with Crippen LogP contribution in [-0.2, 0) is 7.05 Å². The number of rotatable bonds is 7. The maximum Gasteiger partial charge on any atom is 0.252 e. The lowest BCUT2D eigenvalue weighted by Crippen LogP contribution is -2.48. The number of nitrogens with zero attached hydrogens (tertiary/aromatic N) is 6. The first kappa shape index (κ1) is 21.0. The number of pyridine rings is 2. The first-order chi connectivity index (χ1) is 16.0. The maximum atomic E-state index is 11.7. The molecule has 0 aromatic carbocycles. The lowest BCUT2D eigenvalue weighted by Gasteiger charge is -2.37. The van der Waals surface area contributed by atoms with E-state index in [1.54, 1.807) is 29.9 Å². The Morgan fingerprint density at radius 2 is 2.06 bits per heavy atom. The van der Waals surface area contributed by atoms with Crippen LogP contribution in [0.25, 0.3) is 16.8 Å². The summed E-state index contributed by atoms with van der Waals surface area (Å²) in [5, 5.41) is 14.7. The van der Waals surface area contributed by atoms with E-state index in [4.69, 9.17) is 4.74 Å². The summed E-state index contributed by atoms with van der Waals surface area (Å²) in [6.45, 7) is 1.78. The van der Waals surface area contributed by atoms with Gasteiger partial charge in [0, 0.05) is 44.2 Å². The molecule has 0 radical (unpaired) electrons. The zero-order valence-electron chi connectivity index (χ0n) is 18.8. The number of likely N-dealkylation sites (N-methyl/N-ethyl adjacent to an activating group) is 1. The van der Waals surface area contributed by atoms with E-state index < -0.39 is 0 Å². The molecule has 1 aliphatic rings. The van der Waals surface area contributed by atoms with Crippen molar-refractivity contribution in [2.24, 2.45) is 7.05 Å². The number of carbonyl (C=O) groups excluding carboxylic acids is 1. The van der Waals surface area contributed by atoms with Gasteiger partial charge in [-0.3, -0.25) is 14.4 Å². The highest BCUT2D eigenvalue weighted by atomic mass is 16.5. The Bertz CT molecular complexity index is 1290. The molecule has 0 unspecified atom stereocenters. The van der Waals surface area contributed by atoms with Crippen LogP contribution < -0.4 is 15.4 Å². The van der Waals surface area contributed by atoms with Gasteiger partial charge in [-0.25, -0.2) is 9.50 Å². The molecule has 4 aromatic heterocycles. The van der Waals surface area contributed by atoms with Gasteiger partial charge in [-0.2, -0.15) is 10.2 Å². The van der Waals surface area contributed by atoms with Gasteiger partial charge in [0.15, 0.2) is 11.6 Å². The Morgan fingerprint density at radius 3 is 2.76 bits per heavy atom. The van der Waals surface area contributed by atoms with Crippen molar-refractivity contribution in [1.82, 2.24) is 34.6 Å². The van der Waals surface area contributed by atoms with E-state index in [0.29, 0.717) is 29.8 Å². The molecule has 0 aliphatic carbocycles. The van der Waals surface area contributed by atoms with Crippen molar-refractivity contribution < 1.29 is 9.53 Å². The minimum absolute atomic E-state index is 0.174. The smallest absolute Gasteiger partial charge is 0.252 e. The SMILES string of the molecule is CNC(=O)c1ccc(Nc2cc3cc(-c4c(OC[C@H]5CCN5C)cnn4C)ccn3n2)nc1. The highest BCUT2D eigenvalue weighted by molar-refractivity contribution is 5.93. The molecule has 2 N–H and O–H groups in total. The summed E-state index contributed by atoms with van der Waals surface area (Å²) in [5.74, 6) is 1.87. The number of amides is 1. The van der Waals surface area contributed by atoms with Crippen LogP contribution in [0.3, 0.4) is 0 Å². The lowest BCUT2D eigenvalue weighted by molar-refractivity contribution is 0.0771.